The summed E-state index contributed by atoms with van der Waals surface area (Å²) >= 11 is 0. The van der Waals surface area contributed by atoms with Crippen LogP contribution in [-0.4, -0.2) is 91.1 Å². The Labute approximate surface area is 309 Å². The van der Waals surface area contributed by atoms with E-state index in [-0.39, 0.29) is 0 Å². The molecule has 4 aliphatic carbocycles. The third-order valence-corrected chi connectivity index (χ3v) is 18.6. The van der Waals surface area contributed by atoms with Gasteiger partial charge in [0.15, 0.2) is 0 Å². The van der Waals surface area contributed by atoms with Gasteiger partial charge in [-0.15, -0.1) is 0 Å². The summed E-state index contributed by atoms with van der Waals surface area (Å²) in [5.74, 6) is 0. The summed E-state index contributed by atoms with van der Waals surface area (Å²) in [7, 11) is -1.00. The Kier molecular flexibility index (Phi) is 18.3. The maximum atomic E-state index is 5.75. The van der Waals surface area contributed by atoms with Gasteiger partial charge in [0.2, 0.25) is 0 Å². The molecule has 0 bridgehead atoms. The molecule has 49 heavy (non-hydrogen) atoms. The van der Waals surface area contributed by atoms with Crippen molar-refractivity contribution in [2.75, 3.05) is 12.3 Å². The van der Waals surface area contributed by atoms with E-state index in [1.807, 2.05) is 0 Å². The van der Waals surface area contributed by atoms with Crippen LogP contribution in [0.3, 0.4) is 0 Å². The highest BCUT2D eigenvalue weighted by Crippen LogP contribution is 2.58. The number of hydrogen-bond donors (Lipinski definition) is 0. The van der Waals surface area contributed by atoms with Crippen molar-refractivity contribution in [3.05, 3.63) is 0 Å². The van der Waals surface area contributed by atoms with Gasteiger partial charge in [-0.2, -0.15) is 0 Å². The van der Waals surface area contributed by atoms with Gasteiger partial charge in [-0.25, -0.2) is 0 Å². The van der Waals surface area contributed by atoms with Gasteiger partial charge in [-0.05, 0) is 121 Å². The smallest absolute Gasteiger partial charge is 0.0463 e. The van der Waals surface area contributed by atoms with Gasteiger partial charge < -0.3 is 0 Å². The lowest BCUT2D eigenvalue weighted by Gasteiger charge is -2.54. The molecule has 0 aliphatic heterocycles. The zero-order chi connectivity index (χ0) is 35.5. The van der Waals surface area contributed by atoms with E-state index in [4.69, 9.17) is 4.99 Å². The van der Waals surface area contributed by atoms with Gasteiger partial charge in [0.1, 0.15) is 0 Å². The number of hydrogen-bond acceptors (Lipinski definition) is 5. The van der Waals surface area contributed by atoms with Crippen molar-refractivity contribution in [2.45, 2.75) is 252 Å². The minimum Gasteiger partial charge on any atom is -0.290 e. The summed E-state index contributed by atoms with van der Waals surface area (Å²) in [4.78, 5) is 5.75. The van der Waals surface area contributed by atoms with E-state index < -0.39 is 16.4 Å². The topological polar surface area (TPSA) is 25.3 Å². The molecule has 0 aromatic carbocycles. The van der Waals surface area contributed by atoms with E-state index >= 15 is 0 Å². The van der Waals surface area contributed by atoms with Crippen LogP contribution in [0.25, 0.3) is 0 Å². The number of rotatable bonds is 17. The second-order valence-electron chi connectivity index (χ2n) is 17.9. The number of aliphatic imine (C=N–C) groups is 1. The van der Waals surface area contributed by atoms with Crippen molar-refractivity contribution in [1.82, 2.24) is 18.7 Å². The monoisotopic (exact) mass is 720 g/mol. The summed E-state index contributed by atoms with van der Waals surface area (Å²) in [6.07, 6.45) is 31.2. The van der Waals surface area contributed by atoms with E-state index in [1.54, 1.807) is 5.71 Å². The lowest BCUT2D eigenvalue weighted by atomic mass is 9.90. The van der Waals surface area contributed by atoms with Gasteiger partial charge in [0.25, 0.3) is 0 Å². The first-order valence-corrected chi connectivity index (χ1v) is 24.6. The summed E-state index contributed by atoms with van der Waals surface area (Å²) in [6.45, 7) is 24.3. The largest absolute Gasteiger partial charge is 0.290 e. The van der Waals surface area contributed by atoms with Crippen molar-refractivity contribution in [3.8, 4) is 0 Å². The highest BCUT2D eigenvalue weighted by atomic mass is 31.1. The Bertz CT molecular complexity index is 817. The van der Waals surface area contributed by atoms with Crippen LogP contribution in [0.15, 0.2) is 4.99 Å². The van der Waals surface area contributed by atoms with Crippen LogP contribution in [0.1, 0.15) is 198 Å². The first-order valence-electron chi connectivity index (χ1n) is 21.7. The summed E-state index contributed by atoms with van der Waals surface area (Å²) < 4.78 is 12.5. The zero-order valence-corrected chi connectivity index (χ0v) is 36.2. The molecule has 0 radical (unpaired) electrons. The van der Waals surface area contributed by atoms with Crippen molar-refractivity contribution in [3.63, 3.8) is 0 Å². The normalized spacial score (nSPS) is 22.4. The summed E-state index contributed by atoms with van der Waals surface area (Å²) in [6, 6.07) is 5.57. The van der Waals surface area contributed by atoms with E-state index in [0.29, 0.717) is 30.2 Å². The maximum Gasteiger partial charge on any atom is 0.0463 e. The van der Waals surface area contributed by atoms with E-state index in [2.05, 4.69) is 87.9 Å². The fourth-order valence-corrected chi connectivity index (χ4v) is 17.3. The molecule has 0 aromatic heterocycles. The van der Waals surface area contributed by atoms with Crippen LogP contribution in [0.5, 0.6) is 0 Å². The van der Waals surface area contributed by atoms with Gasteiger partial charge in [-0.1, -0.05) is 77.0 Å². The molecular formula is C42H83N5P2. The first-order chi connectivity index (χ1) is 23.5. The SMILES string of the molecule is CC(C)N=C(CP(N(C(C)C)C(C)C)N(C(C)C)C(C)C)CP(N(C1CCCCC1)C1CCCCC1)N(C1CCCCC1)C1CCCCC1. The number of nitrogens with zero attached hydrogens (tertiary/aromatic N) is 5. The average molecular weight is 720 g/mol. The second-order valence-corrected chi connectivity index (χ2v) is 21.9. The molecule has 0 amide bonds. The lowest BCUT2D eigenvalue weighted by molar-refractivity contribution is 0.133. The zero-order valence-electron chi connectivity index (χ0n) is 34.4. The lowest BCUT2D eigenvalue weighted by Crippen LogP contribution is -2.51. The Morgan fingerprint density at radius 3 is 0.939 bits per heavy atom. The van der Waals surface area contributed by atoms with Gasteiger partial charge in [0, 0.05) is 88.9 Å². The van der Waals surface area contributed by atoms with Crippen molar-refractivity contribution >= 4 is 22.2 Å². The molecule has 4 aliphatic rings. The fourth-order valence-electron chi connectivity index (χ4n) is 10.4. The Hall–Kier alpha value is 0.370. The van der Waals surface area contributed by atoms with Crippen molar-refractivity contribution in [2.24, 2.45) is 4.99 Å². The van der Waals surface area contributed by atoms with Crippen LogP contribution >= 0.6 is 16.4 Å². The molecule has 7 heteroatoms. The minimum atomic E-state index is -0.533. The van der Waals surface area contributed by atoms with Crippen molar-refractivity contribution in [1.29, 1.82) is 0 Å². The average Bonchev–Trinajstić information content (AvgIpc) is 3.06. The Morgan fingerprint density at radius 1 is 0.429 bits per heavy atom. The molecule has 0 heterocycles. The van der Waals surface area contributed by atoms with E-state index in [1.165, 1.54) is 135 Å². The van der Waals surface area contributed by atoms with Crippen LogP contribution in [-0.2, 0) is 0 Å². The van der Waals surface area contributed by atoms with Crippen LogP contribution < -0.4 is 0 Å². The standard InChI is InChI=1S/C42H83N5P2/c1-33(2)43-38(31-48(44(34(3)4)35(5)6)45(36(7)8)37(9)10)32-49(46(39-23-15-11-16-24-39)40-25-17-12-18-26-40)47(41-27-19-13-20-28-41)42-29-21-14-22-30-42/h33-37,39-42H,11-32H2,1-10H3. The van der Waals surface area contributed by atoms with Crippen molar-refractivity contribution < 1.29 is 0 Å². The van der Waals surface area contributed by atoms with Gasteiger partial charge in [0.05, 0.1) is 0 Å². The van der Waals surface area contributed by atoms with Gasteiger partial charge in [-0.3, -0.25) is 23.7 Å². The van der Waals surface area contributed by atoms with E-state index in [9.17, 15) is 0 Å². The predicted octanol–water partition coefficient (Wildman–Crippen LogP) is 12.6. The van der Waals surface area contributed by atoms with Crippen LogP contribution in [0.4, 0.5) is 0 Å². The second kappa shape index (κ2) is 21.3. The highest BCUT2D eigenvalue weighted by Gasteiger charge is 2.44. The minimum absolute atomic E-state index is 0.345. The highest BCUT2D eigenvalue weighted by molar-refractivity contribution is 7.56. The molecular weight excluding hydrogens is 636 g/mol. The molecule has 0 saturated heterocycles. The molecule has 0 spiro atoms. The molecule has 0 N–H and O–H groups in total. The summed E-state index contributed by atoms with van der Waals surface area (Å²) in [5.41, 5.74) is 1.57. The predicted molar refractivity (Wildman–Crippen MR) is 222 cm³/mol. The molecule has 0 unspecified atom stereocenters. The molecule has 286 valence electrons. The molecule has 4 fully saturated rings. The molecule has 5 nitrogen and oxygen atoms in total. The maximum absolute atomic E-state index is 5.75. The fraction of sp³-hybridized carbons (Fsp3) is 0.976. The van der Waals surface area contributed by atoms with Crippen LogP contribution in [0, 0.1) is 0 Å². The van der Waals surface area contributed by atoms with E-state index in [0.717, 1.165) is 30.3 Å². The molecule has 0 atom stereocenters. The molecule has 4 rings (SSSR count). The molecule has 0 aromatic rings. The summed E-state index contributed by atoms with van der Waals surface area (Å²) in [5, 5.41) is 0. The quantitative estimate of drug-likeness (QED) is 0.110. The Morgan fingerprint density at radius 2 is 0.694 bits per heavy atom. The molecule has 4 saturated carbocycles. The van der Waals surface area contributed by atoms with Gasteiger partial charge >= 0.3 is 0 Å². The third-order valence-electron chi connectivity index (χ3n) is 12.1. The first kappa shape index (κ1) is 42.1. The van der Waals surface area contributed by atoms with Crippen LogP contribution in [0.2, 0.25) is 0 Å². The Balaban J connectivity index is 1.85. The third kappa shape index (κ3) is 12.2.